The number of rotatable bonds is 9. The van der Waals surface area contributed by atoms with Crippen LogP contribution in [0.25, 0.3) is 0 Å². The maximum Gasteiger partial charge on any atom is 0.185 e. The summed E-state index contributed by atoms with van der Waals surface area (Å²) < 4.78 is 29.8. The van der Waals surface area contributed by atoms with Gasteiger partial charge in [0.25, 0.3) is 0 Å². The van der Waals surface area contributed by atoms with Crippen molar-refractivity contribution >= 4 is 9.84 Å². The van der Waals surface area contributed by atoms with Crippen LogP contribution in [0.1, 0.15) is 41.0 Å². The predicted molar refractivity (Wildman–Crippen MR) is 109 cm³/mol. The normalized spacial score (nSPS) is 21.7. The van der Waals surface area contributed by atoms with Gasteiger partial charge in [-0.2, -0.15) is 0 Å². The minimum Gasteiger partial charge on any atom is -0.493 e. The lowest BCUT2D eigenvalue weighted by molar-refractivity contribution is 0.223. The van der Waals surface area contributed by atoms with Gasteiger partial charge < -0.3 is 14.7 Å². The standard InChI is InChI=1S/C21H35NO4S/c1-16(2)10-11-22-12-17(3)18(13-22)14-26-19-6-8-20(9-7-19)27(24,25)21(4,5)15-23/h6-9,16-18,23H,10-15H2,1-5H3. The number of likely N-dealkylation sites (tertiary alicyclic amines) is 1. The van der Waals surface area contributed by atoms with E-state index in [0.717, 1.165) is 25.6 Å². The van der Waals surface area contributed by atoms with E-state index in [0.29, 0.717) is 24.2 Å². The number of benzene rings is 1. The van der Waals surface area contributed by atoms with Gasteiger partial charge in [-0.15, -0.1) is 0 Å². The molecule has 0 aromatic heterocycles. The molecule has 27 heavy (non-hydrogen) atoms. The van der Waals surface area contributed by atoms with Gasteiger partial charge in [-0.3, -0.25) is 0 Å². The second-order valence-corrected chi connectivity index (χ2v) is 11.5. The molecule has 0 spiro atoms. The molecule has 6 heteroatoms. The molecule has 1 aromatic rings. The molecule has 1 saturated heterocycles. The van der Waals surface area contributed by atoms with Gasteiger partial charge in [-0.1, -0.05) is 20.8 Å². The third kappa shape index (κ3) is 5.46. The molecule has 1 N–H and O–H groups in total. The SMILES string of the molecule is CC(C)CCN1CC(C)C(COc2ccc(S(=O)(=O)C(C)(C)CO)cc2)C1. The minimum absolute atomic E-state index is 0.211. The molecule has 154 valence electrons. The van der Waals surface area contributed by atoms with Gasteiger partial charge in [0.2, 0.25) is 0 Å². The minimum atomic E-state index is -3.58. The molecule has 0 radical (unpaired) electrons. The molecular weight excluding hydrogens is 362 g/mol. The van der Waals surface area contributed by atoms with Crippen LogP contribution < -0.4 is 4.74 Å². The zero-order valence-electron chi connectivity index (χ0n) is 17.3. The van der Waals surface area contributed by atoms with E-state index in [9.17, 15) is 13.5 Å². The highest BCUT2D eigenvalue weighted by atomic mass is 32.2. The Morgan fingerprint density at radius 1 is 1.22 bits per heavy atom. The van der Waals surface area contributed by atoms with E-state index in [-0.39, 0.29) is 4.90 Å². The van der Waals surface area contributed by atoms with E-state index in [1.165, 1.54) is 20.3 Å². The quantitative estimate of drug-likeness (QED) is 0.693. The summed E-state index contributed by atoms with van der Waals surface area (Å²) >= 11 is 0. The molecule has 0 bridgehead atoms. The smallest absolute Gasteiger partial charge is 0.185 e. The number of aliphatic hydroxyl groups excluding tert-OH is 1. The molecule has 0 saturated carbocycles. The van der Waals surface area contributed by atoms with Crippen molar-refractivity contribution in [2.45, 2.75) is 50.7 Å². The van der Waals surface area contributed by atoms with Crippen LogP contribution in [0.2, 0.25) is 0 Å². The number of nitrogens with zero attached hydrogens (tertiary/aromatic N) is 1. The van der Waals surface area contributed by atoms with Gasteiger partial charge in [0.1, 0.15) is 5.75 Å². The van der Waals surface area contributed by atoms with Crippen LogP contribution in [0, 0.1) is 17.8 Å². The van der Waals surface area contributed by atoms with Crippen LogP contribution in [0.4, 0.5) is 0 Å². The van der Waals surface area contributed by atoms with E-state index in [4.69, 9.17) is 4.74 Å². The first kappa shape index (κ1) is 22.2. The molecule has 0 amide bonds. The molecule has 1 fully saturated rings. The molecule has 0 aliphatic carbocycles. The van der Waals surface area contributed by atoms with Gasteiger partial charge in [-0.05, 0) is 62.9 Å². The third-order valence-electron chi connectivity index (χ3n) is 5.57. The van der Waals surface area contributed by atoms with Crippen LogP contribution in [-0.4, -0.2) is 56.0 Å². The Morgan fingerprint density at radius 3 is 2.41 bits per heavy atom. The summed E-state index contributed by atoms with van der Waals surface area (Å²) in [7, 11) is -3.58. The second kappa shape index (κ2) is 8.93. The zero-order valence-corrected chi connectivity index (χ0v) is 18.1. The summed E-state index contributed by atoms with van der Waals surface area (Å²) in [5, 5.41) is 9.36. The lowest BCUT2D eigenvalue weighted by Crippen LogP contribution is -2.35. The highest BCUT2D eigenvalue weighted by molar-refractivity contribution is 7.92. The zero-order chi connectivity index (χ0) is 20.2. The third-order valence-corrected chi connectivity index (χ3v) is 8.05. The molecule has 1 aromatic carbocycles. The monoisotopic (exact) mass is 397 g/mol. The number of sulfone groups is 1. The molecule has 2 unspecified atom stereocenters. The molecule has 2 rings (SSSR count). The largest absolute Gasteiger partial charge is 0.493 e. The first-order valence-electron chi connectivity index (χ1n) is 9.87. The van der Waals surface area contributed by atoms with Crippen molar-refractivity contribution in [1.82, 2.24) is 4.90 Å². The summed E-state index contributed by atoms with van der Waals surface area (Å²) in [6.45, 7) is 13.4. The van der Waals surface area contributed by atoms with Crippen molar-refractivity contribution in [3.8, 4) is 5.75 Å². The molecule has 2 atom stereocenters. The van der Waals surface area contributed by atoms with E-state index >= 15 is 0 Å². The molecule has 5 nitrogen and oxygen atoms in total. The van der Waals surface area contributed by atoms with Crippen LogP contribution >= 0.6 is 0 Å². The lowest BCUT2D eigenvalue weighted by atomic mass is 9.99. The van der Waals surface area contributed by atoms with Crippen molar-refractivity contribution in [3.05, 3.63) is 24.3 Å². The van der Waals surface area contributed by atoms with Crippen molar-refractivity contribution in [3.63, 3.8) is 0 Å². The van der Waals surface area contributed by atoms with E-state index in [1.54, 1.807) is 24.3 Å². The first-order chi connectivity index (χ1) is 12.6. The van der Waals surface area contributed by atoms with E-state index < -0.39 is 21.2 Å². The van der Waals surface area contributed by atoms with Gasteiger partial charge in [0.05, 0.1) is 22.9 Å². The van der Waals surface area contributed by atoms with Crippen LogP contribution in [0.5, 0.6) is 5.75 Å². The number of ether oxygens (including phenoxy) is 1. The number of aliphatic hydroxyl groups is 1. The Labute approximate surface area is 164 Å². The maximum atomic E-state index is 12.5. The molecule has 1 aliphatic heterocycles. The first-order valence-corrected chi connectivity index (χ1v) is 11.4. The van der Waals surface area contributed by atoms with E-state index in [2.05, 4.69) is 25.7 Å². The van der Waals surface area contributed by atoms with Crippen molar-refractivity contribution < 1.29 is 18.3 Å². The summed E-state index contributed by atoms with van der Waals surface area (Å²) in [4.78, 5) is 2.73. The number of hydrogen-bond acceptors (Lipinski definition) is 5. The topological polar surface area (TPSA) is 66.8 Å². The molecule has 1 heterocycles. The maximum absolute atomic E-state index is 12.5. The Hall–Kier alpha value is -1.11. The highest BCUT2D eigenvalue weighted by Gasteiger charge is 2.35. The molecular formula is C21H35NO4S. The number of hydrogen-bond donors (Lipinski definition) is 1. The predicted octanol–water partition coefficient (Wildman–Crippen LogP) is 3.22. The lowest BCUT2D eigenvalue weighted by Gasteiger charge is -2.22. The van der Waals surface area contributed by atoms with E-state index in [1.807, 2.05) is 0 Å². The van der Waals surface area contributed by atoms with Crippen LogP contribution in [0.3, 0.4) is 0 Å². The summed E-state index contributed by atoms with van der Waals surface area (Å²) in [6.07, 6.45) is 1.22. The van der Waals surface area contributed by atoms with Gasteiger partial charge >= 0.3 is 0 Å². The fraction of sp³-hybridized carbons (Fsp3) is 0.714. The average Bonchev–Trinajstić information content (AvgIpc) is 2.98. The fourth-order valence-corrected chi connectivity index (χ4v) is 4.61. The highest BCUT2D eigenvalue weighted by Crippen LogP contribution is 2.28. The van der Waals surface area contributed by atoms with Gasteiger partial charge in [0, 0.05) is 19.0 Å². The summed E-state index contributed by atoms with van der Waals surface area (Å²) in [5.41, 5.74) is 0. The van der Waals surface area contributed by atoms with Crippen molar-refractivity contribution in [1.29, 1.82) is 0 Å². The van der Waals surface area contributed by atoms with Crippen molar-refractivity contribution in [2.75, 3.05) is 32.8 Å². The fourth-order valence-electron chi connectivity index (χ4n) is 3.31. The van der Waals surface area contributed by atoms with Gasteiger partial charge in [-0.25, -0.2) is 8.42 Å². The van der Waals surface area contributed by atoms with Crippen molar-refractivity contribution in [2.24, 2.45) is 17.8 Å². The van der Waals surface area contributed by atoms with Crippen LogP contribution in [0.15, 0.2) is 29.2 Å². The van der Waals surface area contributed by atoms with Gasteiger partial charge in [0.15, 0.2) is 9.84 Å². The Balaban J connectivity index is 1.92. The Bertz CT molecular complexity index is 697. The summed E-state index contributed by atoms with van der Waals surface area (Å²) in [5.74, 6) is 2.50. The summed E-state index contributed by atoms with van der Waals surface area (Å²) in [6, 6.07) is 6.54. The van der Waals surface area contributed by atoms with Crippen LogP contribution in [-0.2, 0) is 9.84 Å². The second-order valence-electron chi connectivity index (χ2n) is 8.88. The Morgan fingerprint density at radius 2 is 1.85 bits per heavy atom. The average molecular weight is 398 g/mol. The molecule has 1 aliphatic rings. The Kier molecular flexibility index (Phi) is 7.33.